The van der Waals surface area contributed by atoms with Gasteiger partial charge in [-0.25, -0.2) is 15.0 Å². The lowest BCUT2D eigenvalue weighted by molar-refractivity contribution is 0.669. The number of rotatable bonds is 6. The Morgan fingerprint density at radius 1 is 0.283 bits per heavy atom. The van der Waals surface area contributed by atoms with Gasteiger partial charge in [0.15, 0.2) is 17.5 Å². The molecule has 2 heterocycles. The Bertz CT molecular complexity index is 2950. The third-order valence-corrected chi connectivity index (χ3v) is 9.95. The molecule has 4 nitrogen and oxygen atoms in total. The summed E-state index contributed by atoms with van der Waals surface area (Å²) in [5, 5.41) is 4.49. The Hall–Kier alpha value is -7.17. The monoisotopic (exact) mass is 677 g/mol. The van der Waals surface area contributed by atoms with Crippen LogP contribution >= 0.6 is 0 Å². The second kappa shape index (κ2) is 12.9. The second-order valence-corrected chi connectivity index (χ2v) is 13.2. The van der Waals surface area contributed by atoms with Crippen molar-refractivity contribution >= 4 is 32.7 Å². The lowest BCUT2D eigenvalue weighted by Gasteiger charge is -2.14. The van der Waals surface area contributed by atoms with Crippen molar-refractivity contribution in [1.29, 1.82) is 0 Å². The molecule has 4 heteroatoms. The van der Waals surface area contributed by atoms with Crippen LogP contribution in [0, 0.1) is 0 Å². The predicted molar refractivity (Wildman–Crippen MR) is 217 cm³/mol. The van der Waals surface area contributed by atoms with Gasteiger partial charge in [-0.3, -0.25) is 0 Å². The standard InChI is InChI=1S/C49H31N3O/c1-3-14-32(15-4-1)34-18-11-19-35(30-34)38-28-29-39(41-23-8-7-22-40(38)41)36-20-12-21-37(31-36)48-50-47(33-16-5-2-6-17-33)51-49(52-48)44-26-13-25-43-42-24-9-10-27-45(42)53-46(43)44/h1-31H. The van der Waals surface area contributed by atoms with E-state index in [9.17, 15) is 0 Å². The SMILES string of the molecule is c1ccc(-c2cccc(-c3ccc(-c4cccc(-c5nc(-c6ccccc6)nc(-c6cccc7c6oc6ccccc67)n5)c4)c4ccccc34)c2)cc1. The fraction of sp³-hybridized carbons (Fsp3) is 0. The summed E-state index contributed by atoms with van der Waals surface area (Å²) in [5.41, 5.74) is 11.3. The van der Waals surface area contributed by atoms with E-state index in [4.69, 9.17) is 19.4 Å². The summed E-state index contributed by atoms with van der Waals surface area (Å²) in [4.78, 5) is 15.2. The molecule has 0 spiro atoms. The van der Waals surface area contributed by atoms with Crippen LogP contribution in [-0.2, 0) is 0 Å². The van der Waals surface area contributed by atoms with Crippen LogP contribution in [-0.4, -0.2) is 15.0 Å². The van der Waals surface area contributed by atoms with Crippen molar-refractivity contribution in [2.45, 2.75) is 0 Å². The van der Waals surface area contributed by atoms with Gasteiger partial charge in [0.05, 0.1) is 5.56 Å². The molecule has 0 aliphatic rings. The first kappa shape index (κ1) is 30.6. The maximum Gasteiger partial charge on any atom is 0.167 e. The Balaban J connectivity index is 1.10. The lowest BCUT2D eigenvalue weighted by atomic mass is 9.90. The molecule has 0 amide bonds. The molecule has 0 bridgehead atoms. The molecule has 0 atom stereocenters. The molecule has 0 unspecified atom stereocenters. The van der Waals surface area contributed by atoms with Gasteiger partial charge in [-0.05, 0) is 68.4 Å². The van der Waals surface area contributed by atoms with Crippen LogP contribution < -0.4 is 0 Å². The smallest absolute Gasteiger partial charge is 0.167 e. The number of nitrogens with zero attached hydrogens (tertiary/aromatic N) is 3. The topological polar surface area (TPSA) is 51.8 Å². The molecule has 0 saturated carbocycles. The number of benzene rings is 8. The van der Waals surface area contributed by atoms with E-state index in [1.165, 1.54) is 33.0 Å². The van der Waals surface area contributed by atoms with Gasteiger partial charge < -0.3 is 4.42 Å². The van der Waals surface area contributed by atoms with Gasteiger partial charge in [-0.15, -0.1) is 0 Å². The van der Waals surface area contributed by atoms with E-state index in [0.29, 0.717) is 17.5 Å². The highest BCUT2D eigenvalue weighted by Crippen LogP contribution is 2.39. The summed E-state index contributed by atoms with van der Waals surface area (Å²) in [7, 11) is 0. The zero-order chi connectivity index (χ0) is 35.1. The summed E-state index contributed by atoms with van der Waals surface area (Å²) in [5.74, 6) is 1.77. The highest BCUT2D eigenvalue weighted by atomic mass is 16.3. The van der Waals surface area contributed by atoms with E-state index in [1.54, 1.807) is 0 Å². The number of aromatic nitrogens is 3. The fourth-order valence-electron chi connectivity index (χ4n) is 7.39. The van der Waals surface area contributed by atoms with Gasteiger partial charge in [0.1, 0.15) is 11.2 Å². The van der Waals surface area contributed by atoms with E-state index in [-0.39, 0.29) is 0 Å². The van der Waals surface area contributed by atoms with Gasteiger partial charge in [0.2, 0.25) is 0 Å². The number of furan rings is 1. The van der Waals surface area contributed by atoms with Crippen molar-refractivity contribution in [1.82, 2.24) is 15.0 Å². The zero-order valence-electron chi connectivity index (χ0n) is 28.6. The molecule has 0 aliphatic heterocycles. The van der Waals surface area contributed by atoms with Crippen molar-refractivity contribution in [2.24, 2.45) is 0 Å². The first-order valence-corrected chi connectivity index (χ1v) is 17.8. The second-order valence-electron chi connectivity index (χ2n) is 13.2. The van der Waals surface area contributed by atoms with Gasteiger partial charge in [-0.2, -0.15) is 0 Å². The number of para-hydroxylation sites is 2. The van der Waals surface area contributed by atoms with E-state index in [0.717, 1.165) is 49.8 Å². The number of hydrogen-bond donors (Lipinski definition) is 0. The quantitative estimate of drug-likeness (QED) is 0.176. The Labute approximate surface area is 306 Å². The Morgan fingerprint density at radius 2 is 0.755 bits per heavy atom. The van der Waals surface area contributed by atoms with Crippen molar-refractivity contribution < 1.29 is 4.42 Å². The minimum absolute atomic E-state index is 0.566. The Morgan fingerprint density at radius 3 is 1.45 bits per heavy atom. The molecule has 0 fully saturated rings. The average Bonchev–Trinajstić information content (AvgIpc) is 3.63. The van der Waals surface area contributed by atoms with Crippen LogP contribution in [0.4, 0.5) is 0 Å². The van der Waals surface area contributed by atoms with E-state index in [1.807, 2.05) is 60.7 Å². The van der Waals surface area contributed by atoms with Crippen LogP contribution in [0.25, 0.3) is 100 Å². The third kappa shape index (κ3) is 5.54. The average molecular weight is 678 g/mol. The van der Waals surface area contributed by atoms with E-state index < -0.39 is 0 Å². The normalized spacial score (nSPS) is 11.4. The van der Waals surface area contributed by atoms with Crippen molar-refractivity contribution in [3.63, 3.8) is 0 Å². The highest BCUT2D eigenvalue weighted by Gasteiger charge is 2.18. The van der Waals surface area contributed by atoms with Gasteiger partial charge in [0, 0.05) is 21.9 Å². The minimum atomic E-state index is 0.566. The van der Waals surface area contributed by atoms with Crippen molar-refractivity contribution in [2.75, 3.05) is 0 Å². The molecule has 0 saturated heterocycles. The molecule has 53 heavy (non-hydrogen) atoms. The van der Waals surface area contributed by atoms with Crippen LogP contribution in [0.2, 0.25) is 0 Å². The molecule has 2 aromatic heterocycles. The van der Waals surface area contributed by atoms with Crippen LogP contribution in [0.15, 0.2) is 192 Å². The summed E-state index contributed by atoms with van der Waals surface area (Å²) < 4.78 is 6.42. The van der Waals surface area contributed by atoms with Crippen LogP contribution in [0.1, 0.15) is 0 Å². The third-order valence-electron chi connectivity index (χ3n) is 9.95. The van der Waals surface area contributed by atoms with E-state index >= 15 is 0 Å². The first-order chi connectivity index (χ1) is 26.3. The zero-order valence-corrected chi connectivity index (χ0v) is 28.6. The van der Waals surface area contributed by atoms with Crippen molar-refractivity contribution in [3.8, 4) is 67.5 Å². The molecule has 248 valence electrons. The molecular weight excluding hydrogens is 647 g/mol. The maximum absolute atomic E-state index is 6.42. The molecule has 8 aromatic carbocycles. The van der Waals surface area contributed by atoms with Gasteiger partial charge in [-0.1, -0.05) is 164 Å². The first-order valence-electron chi connectivity index (χ1n) is 17.8. The van der Waals surface area contributed by atoms with Crippen LogP contribution in [0.3, 0.4) is 0 Å². The molecule has 10 aromatic rings. The molecule has 0 aliphatic carbocycles. The fourth-order valence-corrected chi connectivity index (χ4v) is 7.39. The molecule has 10 rings (SSSR count). The highest BCUT2D eigenvalue weighted by molar-refractivity contribution is 6.09. The van der Waals surface area contributed by atoms with Crippen LogP contribution in [0.5, 0.6) is 0 Å². The van der Waals surface area contributed by atoms with Crippen molar-refractivity contribution in [3.05, 3.63) is 188 Å². The largest absolute Gasteiger partial charge is 0.455 e. The number of fused-ring (bicyclic) bond motifs is 4. The summed E-state index contributed by atoms with van der Waals surface area (Å²) in [6, 6.07) is 65.3. The molecule has 0 N–H and O–H groups in total. The van der Waals surface area contributed by atoms with Gasteiger partial charge >= 0.3 is 0 Å². The summed E-state index contributed by atoms with van der Waals surface area (Å²) in [6.07, 6.45) is 0. The molecule has 0 radical (unpaired) electrons. The lowest BCUT2D eigenvalue weighted by Crippen LogP contribution is -2.00. The van der Waals surface area contributed by atoms with E-state index in [2.05, 4.69) is 127 Å². The predicted octanol–water partition coefficient (Wildman–Crippen LogP) is 12.9. The van der Waals surface area contributed by atoms with Gasteiger partial charge in [0.25, 0.3) is 0 Å². The molecular formula is C49H31N3O. The maximum atomic E-state index is 6.42. The minimum Gasteiger partial charge on any atom is -0.455 e. The number of hydrogen-bond acceptors (Lipinski definition) is 4. The summed E-state index contributed by atoms with van der Waals surface area (Å²) in [6.45, 7) is 0. The Kier molecular flexibility index (Phi) is 7.43. The summed E-state index contributed by atoms with van der Waals surface area (Å²) >= 11 is 0.